The largest absolute Gasteiger partial charge is 0.466 e. The molecule has 0 aromatic heterocycles. The zero-order valence-electron chi connectivity index (χ0n) is 6.79. The van der Waals surface area contributed by atoms with Gasteiger partial charge in [-0.3, -0.25) is 9.59 Å². The quantitative estimate of drug-likeness (QED) is 0.579. The zero-order valence-corrected chi connectivity index (χ0v) is 6.79. The van der Waals surface area contributed by atoms with Crippen LogP contribution in [0.3, 0.4) is 0 Å². The molecule has 0 spiro atoms. The molecular formula is C7H13NO3. The van der Waals surface area contributed by atoms with Crippen LogP contribution in [0.2, 0.25) is 0 Å². The summed E-state index contributed by atoms with van der Waals surface area (Å²) in [4.78, 5) is 20.8. The van der Waals surface area contributed by atoms with Crippen LogP contribution in [0.15, 0.2) is 0 Å². The van der Waals surface area contributed by atoms with E-state index >= 15 is 0 Å². The van der Waals surface area contributed by atoms with Crippen molar-refractivity contribution < 1.29 is 14.3 Å². The van der Waals surface area contributed by atoms with Crippen LogP contribution in [0.4, 0.5) is 0 Å². The average Bonchev–Trinajstić information content (AvgIpc) is 1.86. The van der Waals surface area contributed by atoms with Crippen LogP contribution < -0.4 is 5.73 Å². The number of carbonyl (C=O) groups excluding carboxylic acids is 2. The Labute approximate surface area is 65.7 Å². The molecular weight excluding hydrogens is 146 g/mol. The summed E-state index contributed by atoms with van der Waals surface area (Å²) in [5.74, 6) is -0.432. The first-order chi connectivity index (χ1) is 5.04. The highest BCUT2D eigenvalue weighted by molar-refractivity contribution is 5.81. The molecule has 0 saturated heterocycles. The predicted octanol–water partition coefficient (Wildman–Crippen LogP) is -0.144. The lowest BCUT2D eigenvalue weighted by atomic mass is 10.2. The highest BCUT2D eigenvalue weighted by atomic mass is 16.5. The van der Waals surface area contributed by atoms with Crippen molar-refractivity contribution in [2.75, 3.05) is 6.61 Å². The van der Waals surface area contributed by atoms with Gasteiger partial charge in [0.05, 0.1) is 12.6 Å². The molecule has 0 saturated carbocycles. The Morgan fingerprint density at radius 2 is 2.00 bits per heavy atom. The molecule has 4 heteroatoms. The van der Waals surface area contributed by atoms with Gasteiger partial charge in [-0.05, 0) is 6.92 Å². The summed E-state index contributed by atoms with van der Waals surface area (Å²) in [6, 6.07) is -0.505. The molecule has 0 aliphatic heterocycles. The third-order valence-electron chi connectivity index (χ3n) is 1.26. The summed E-state index contributed by atoms with van der Waals surface area (Å²) in [7, 11) is 0. The number of hydrogen-bond donors (Lipinski definition) is 1. The minimum absolute atomic E-state index is 0.0860. The third kappa shape index (κ3) is 5.54. The number of carbonyl (C=O) groups is 2. The van der Waals surface area contributed by atoms with Gasteiger partial charge in [0.2, 0.25) is 0 Å². The Balaban J connectivity index is 3.39. The van der Waals surface area contributed by atoms with E-state index in [1.807, 2.05) is 0 Å². The number of ether oxygens (including phenoxy) is 1. The second-order valence-electron chi connectivity index (χ2n) is 2.35. The maximum Gasteiger partial charge on any atom is 0.302 e. The van der Waals surface area contributed by atoms with Crippen molar-refractivity contribution in [1.82, 2.24) is 0 Å². The third-order valence-corrected chi connectivity index (χ3v) is 1.26. The van der Waals surface area contributed by atoms with Gasteiger partial charge in [0.25, 0.3) is 0 Å². The summed E-state index contributed by atoms with van der Waals surface area (Å²) in [6.07, 6.45) is 0.398. The van der Waals surface area contributed by atoms with Crippen molar-refractivity contribution in [2.45, 2.75) is 26.3 Å². The van der Waals surface area contributed by atoms with Gasteiger partial charge in [0.1, 0.15) is 5.78 Å². The van der Waals surface area contributed by atoms with Gasteiger partial charge in [-0.1, -0.05) is 0 Å². The Kier molecular flexibility index (Phi) is 4.45. The van der Waals surface area contributed by atoms with E-state index in [0.29, 0.717) is 6.42 Å². The van der Waals surface area contributed by atoms with Gasteiger partial charge < -0.3 is 10.5 Å². The summed E-state index contributed by atoms with van der Waals surface area (Å²) in [5, 5.41) is 0. The smallest absolute Gasteiger partial charge is 0.302 e. The molecule has 1 unspecified atom stereocenters. The second-order valence-corrected chi connectivity index (χ2v) is 2.35. The molecule has 11 heavy (non-hydrogen) atoms. The van der Waals surface area contributed by atoms with Crippen LogP contribution in [-0.4, -0.2) is 24.4 Å². The maximum absolute atomic E-state index is 10.6. The number of esters is 1. The Hall–Kier alpha value is -0.900. The molecule has 64 valence electrons. The molecule has 4 nitrogen and oxygen atoms in total. The van der Waals surface area contributed by atoms with Crippen LogP contribution in [0.5, 0.6) is 0 Å². The number of hydrogen-bond acceptors (Lipinski definition) is 4. The van der Waals surface area contributed by atoms with Crippen molar-refractivity contribution in [3.8, 4) is 0 Å². The fraction of sp³-hybridized carbons (Fsp3) is 0.714. The van der Waals surface area contributed by atoms with E-state index in [2.05, 4.69) is 4.74 Å². The van der Waals surface area contributed by atoms with E-state index < -0.39 is 6.04 Å². The van der Waals surface area contributed by atoms with Crippen LogP contribution in [0.25, 0.3) is 0 Å². The Bertz CT molecular complexity index is 156. The fourth-order valence-corrected chi connectivity index (χ4v) is 0.533. The molecule has 0 fully saturated rings. The van der Waals surface area contributed by atoms with Gasteiger partial charge in [-0.2, -0.15) is 0 Å². The van der Waals surface area contributed by atoms with E-state index in [4.69, 9.17) is 5.73 Å². The maximum atomic E-state index is 10.6. The molecule has 2 N–H and O–H groups in total. The van der Waals surface area contributed by atoms with Crippen LogP contribution in [0, 0.1) is 0 Å². The summed E-state index contributed by atoms with van der Waals surface area (Å²) < 4.78 is 4.59. The van der Waals surface area contributed by atoms with Crippen molar-refractivity contribution in [3.05, 3.63) is 0 Å². The predicted molar refractivity (Wildman–Crippen MR) is 39.9 cm³/mol. The lowest BCUT2D eigenvalue weighted by molar-refractivity contribution is -0.141. The van der Waals surface area contributed by atoms with Gasteiger partial charge in [0, 0.05) is 13.3 Å². The lowest BCUT2D eigenvalue weighted by Gasteiger charge is -2.06. The van der Waals surface area contributed by atoms with Gasteiger partial charge in [-0.25, -0.2) is 0 Å². The summed E-state index contributed by atoms with van der Waals surface area (Å²) in [6.45, 7) is 2.95. The molecule has 0 radical (unpaired) electrons. The Morgan fingerprint density at radius 3 is 2.36 bits per heavy atom. The van der Waals surface area contributed by atoms with Gasteiger partial charge >= 0.3 is 5.97 Å². The molecule has 0 aromatic rings. The van der Waals surface area contributed by atoms with Crippen molar-refractivity contribution in [2.24, 2.45) is 5.73 Å². The first kappa shape index (κ1) is 10.1. The van der Waals surface area contributed by atoms with Crippen molar-refractivity contribution in [1.29, 1.82) is 0 Å². The van der Waals surface area contributed by atoms with Crippen LogP contribution in [-0.2, 0) is 14.3 Å². The van der Waals surface area contributed by atoms with Crippen LogP contribution in [0.1, 0.15) is 20.3 Å². The first-order valence-corrected chi connectivity index (χ1v) is 3.43. The molecule has 0 aliphatic rings. The highest BCUT2D eigenvalue weighted by Gasteiger charge is 2.07. The number of ketones is 1. The average molecular weight is 159 g/mol. The fourth-order valence-electron chi connectivity index (χ4n) is 0.533. The van der Waals surface area contributed by atoms with E-state index in [1.165, 1.54) is 13.8 Å². The molecule has 0 aromatic carbocycles. The Morgan fingerprint density at radius 1 is 1.45 bits per heavy atom. The van der Waals surface area contributed by atoms with Crippen molar-refractivity contribution in [3.63, 3.8) is 0 Å². The first-order valence-electron chi connectivity index (χ1n) is 3.43. The zero-order chi connectivity index (χ0) is 8.85. The standard InChI is InChI=1S/C7H13NO3/c1-5(9)7(8)3-4-11-6(2)10/h7H,3-4,8H2,1-2H3. The highest BCUT2D eigenvalue weighted by Crippen LogP contribution is 1.90. The second kappa shape index (κ2) is 4.85. The summed E-state index contributed by atoms with van der Waals surface area (Å²) in [5.41, 5.74) is 5.36. The van der Waals surface area contributed by atoms with Gasteiger partial charge in [-0.15, -0.1) is 0 Å². The van der Waals surface area contributed by atoms with E-state index in [9.17, 15) is 9.59 Å². The lowest BCUT2D eigenvalue weighted by Crippen LogP contribution is -2.29. The molecule has 1 atom stereocenters. The van der Waals surface area contributed by atoms with Crippen LogP contribution >= 0.6 is 0 Å². The normalized spacial score (nSPS) is 12.3. The van der Waals surface area contributed by atoms with Crippen molar-refractivity contribution >= 4 is 11.8 Å². The molecule has 0 bridgehead atoms. The molecule has 0 heterocycles. The SMILES string of the molecule is CC(=O)OCCC(N)C(C)=O. The minimum atomic E-state index is -0.505. The summed E-state index contributed by atoms with van der Waals surface area (Å²) >= 11 is 0. The van der Waals surface area contributed by atoms with E-state index in [-0.39, 0.29) is 18.4 Å². The van der Waals surface area contributed by atoms with E-state index in [1.54, 1.807) is 0 Å². The topological polar surface area (TPSA) is 69.4 Å². The minimum Gasteiger partial charge on any atom is -0.466 e. The molecule has 0 aliphatic carbocycles. The molecule has 0 amide bonds. The monoisotopic (exact) mass is 159 g/mol. The number of Topliss-reactive ketones (excluding diaryl/α,β-unsaturated/α-hetero) is 1. The molecule has 0 rings (SSSR count). The number of nitrogens with two attached hydrogens (primary N) is 1. The van der Waals surface area contributed by atoms with E-state index in [0.717, 1.165) is 0 Å². The van der Waals surface area contributed by atoms with Gasteiger partial charge in [0.15, 0.2) is 0 Å². The number of rotatable bonds is 4.